The molecule has 0 aliphatic rings. The second kappa shape index (κ2) is 7.77. The fourth-order valence-electron chi connectivity index (χ4n) is 1.73. The number of carbonyl (C=O) groups excluding carboxylic acids is 2. The van der Waals surface area contributed by atoms with E-state index in [9.17, 15) is 9.59 Å². The van der Waals surface area contributed by atoms with Crippen molar-refractivity contribution in [2.24, 2.45) is 0 Å². The van der Waals surface area contributed by atoms with Crippen LogP contribution < -0.4 is 0 Å². The molecular weight excluding hydrogens is 228 g/mol. The number of methoxy groups -OCH3 is 1. The van der Waals surface area contributed by atoms with Crippen LogP contribution in [0.4, 0.5) is 0 Å². The summed E-state index contributed by atoms with van der Waals surface area (Å²) in [6.45, 7) is 2.50. The van der Waals surface area contributed by atoms with Crippen molar-refractivity contribution in [2.45, 2.75) is 32.6 Å². The molecule has 0 bridgehead atoms. The molecular formula is C15H20O3. The molecule has 0 N–H and O–H groups in total. The third kappa shape index (κ3) is 4.80. The summed E-state index contributed by atoms with van der Waals surface area (Å²) in [7, 11) is 1.54. The van der Waals surface area contributed by atoms with Gasteiger partial charge in [-0.1, -0.05) is 37.6 Å². The van der Waals surface area contributed by atoms with E-state index in [4.69, 9.17) is 4.74 Å². The maximum atomic E-state index is 11.8. The minimum atomic E-state index is -0.112. The average Bonchev–Trinajstić information content (AvgIpc) is 2.37. The average molecular weight is 248 g/mol. The third-order valence-electron chi connectivity index (χ3n) is 2.76. The fraction of sp³-hybridized carbons (Fsp3) is 0.467. The molecule has 0 heterocycles. The maximum absolute atomic E-state index is 11.8. The monoisotopic (exact) mass is 248 g/mol. The Morgan fingerprint density at radius 2 is 1.83 bits per heavy atom. The number of rotatable bonds is 8. The van der Waals surface area contributed by atoms with E-state index >= 15 is 0 Å². The van der Waals surface area contributed by atoms with Crippen molar-refractivity contribution in [3.63, 3.8) is 0 Å². The Bertz CT molecular complexity index is 393. The smallest absolute Gasteiger partial charge is 0.170 e. The highest BCUT2D eigenvalue weighted by molar-refractivity contribution is 6.07. The molecule has 1 aromatic carbocycles. The zero-order valence-electron chi connectivity index (χ0n) is 11.1. The Balaban J connectivity index is 2.53. The molecule has 0 aliphatic heterocycles. The van der Waals surface area contributed by atoms with Crippen molar-refractivity contribution in [3.8, 4) is 0 Å². The predicted octanol–water partition coefficient (Wildman–Crippen LogP) is 2.82. The Hall–Kier alpha value is -1.48. The molecule has 0 unspecified atom stereocenters. The lowest BCUT2D eigenvalue weighted by molar-refractivity contribution is -0.119. The van der Waals surface area contributed by atoms with Gasteiger partial charge in [0.1, 0.15) is 5.78 Å². The van der Waals surface area contributed by atoms with E-state index in [0.717, 1.165) is 12.8 Å². The number of carbonyl (C=O) groups is 2. The van der Waals surface area contributed by atoms with Gasteiger partial charge >= 0.3 is 0 Å². The largest absolute Gasteiger partial charge is 0.384 e. The van der Waals surface area contributed by atoms with E-state index in [0.29, 0.717) is 18.6 Å². The Labute approximate surface area is 108 Å². The summed E-state index contributed by atoms with van der Waals surface area (Å²) >= 11 is 0. The first-order valence-corrected chi connectivity index (χ1v) is 6.30. The van der Waals surface area contributed by atoms with Crippen molar-refractivity contribution in [2.75, 3.05) is 13.7 Å². The summed E-state index contributed by atoms with van der Waals surface area (Å²) < 4.78 is 4.81. The molecule has 0 fully saturated rings. The number of benzene rings is 1. The number of Topliss-reactive ketones (excluding diaryl/α,β-unsaturated/α-hetero) is 2. The van der Waals surface area contributed by atoms with Gasteiger partial charge < -0.3 is 4.74 Å². The van der Waals surface area contributed by atoms with Crippen LogP contribution in [0, 0.1) is 0 Å². The summed E-state index contributed by atoms with van der Waals surface area (Å²) in [5.74, 6) is -0.182. The molecule has 0 saturated heterocycles. The highest BCUT2D eigenvalue weighted by atomic mass is 16.5. The van der Waals surface area contributed by atoms with Crippen LogP contribution in [0.1, 0.15) is 42.1 Å². The number of hydrogen-bond acceptors (Lipinski definition) is 3. The zero-order chi connectivity index (χ0) is 13.4. The normalized spacial score (nSPS) is 10.3. The summed E-state index contributed by atoms with van der Waals surface area (Å²) in [5.41, 5.74) is 1.83. The first-order chi connectivity index (χ1) is 8.67. The van der Waals surface area contributed by atoms with Gasteiger partial charge in [-0.05, 0) is 12.0 Å². The van der Waals surface area contributed by atoms with Gasteiger partial charge in [-0.3, -0.25) is 9.59 Å². The van der Waals surface area contributed by atoms with E-state index in [1.807, 2.05) is 12.1 Å². The minimum absolute atomic E-state index is 0.0313. The molecule has 18 heavy (non-hydrogen) atoms. The van der Waals surface area contributed by atoms with E-state index < -0.39 is 0 Å². The van der Waals surface area contributed by atoms with Crippen molar-refractivity contribution in [1.29, 1.82) is 0 Å². The van der Waals surface area contributed by atoms with Crippen molar-refractivity contribution in [1.82, 2.24) is 0 Å². The molecule has 0 saturated carbocycles. The summed E-state index contributed by atoms with van der Waals surface area (Å²) in [4.78, 5) is 23.3. The highest BCUT2D eigenvalue weighted by Crippen LogP contribution is 2.09. The summed E-state index contributed by atoms with van der Waals surface area (Å²) in [6.07, 6.45) is 2.37. The van der Waals surface area contributed by atoms with E-state index in [1.54, 1.807) is 19.2 Å². The van der Waals surface area contributed by atoms with Crippen LogP contribution >= 0.6 is 0 Å². The number of ketones is 2. The quantitative estimate of drug-likeness (QED) is 0.525. The standard InChI is InChI=1S/C15H20O3/c1-3-4-12-5-7-13(8-6-12)15(17)11-14(16)9-10-18-2/h5-8H,3-4,9-11H2,1-2H3. The number of hydrogen-bond donors (Lipinski definition) is 0. The van der Waals surface area contributed by atoms with Gasteiger partial charge in [-0.25, -0.2) is 0 Å². The molecule has 0 aliphatic carbocycles. The summed E-state index contributed by atoms with van der Waals surface area (Å²) in [6, 6.07) is 7.51. The van der Waals surface area contributed by atoms with Gasteiger partial charge in [-0.15, -0.1) is 0 Å². The molecule has 1 aromatic rings. The van der Waals surface area contributed by atoms with Crippen molar-refractivity contribution in [3.05, 3.63) is 35.4 Å². The van der Waals surface area contributed by atoms with Gasteiger partial charge in [0.05, 0.1) is 13.0 Å². The van der Waals surface area contributed by atoms with Gasteiger partial charge in [0.15, 0.2) is 5.78 Å². The Morgan fingerprint density at radius 3 is 2.39 bits per heavy atom. The van der Waals surface area contributed by atoms with Crippen molar-refractivity contribution >= 4 is 11.6 Å². The molecule has 3 heteroatoms. The lowest BCUT2D eigenvalue weighted by atomic mass is 10.0. The topological polar surface area (TPSA) is 43.4 Å². The molecule has 0 spiro atoms. The van der Waals surface area contributed by atoms with Crippen LogP contribution in [0.25, 0.3) is 0 Å². The van der Waals surface area contributed by atoms with Gasteiger partial charge in [0.25, 0.3) is 0 Å². The maximum Gasteiger partial charge on any atom is 0.170 e. The lowest BCUT2D eigenvalue weighted by Crippen LogP contribution is -2.10. The van der Waals surface area contributed by atoms with Crippen LogP contribution in [-0.2, 0) is 16.0 Å². The van der Waals surface area contributed by atoms with Gasteiger partial charge in [0, 0.05) is 19.1 Å². The van der Waals surface area contributed by atoms with E-state index in [1.165, 1.54) is 5.56 Å². The van der Waals surface area contributed by atoms with Crippen molar-refractivity contribution < 1.29 is 14.3 Å². The predicted molar refractivity (Wildman–Crippen MR) is 70.9 cm³/mol. The van der Waals surface area contributed by atoms with Crippen LogP contribution in [0.5, 0.6) is 0 Å². The SMILES string of the molecule is CCCc1ccc(C(=O)CC(=O)CCOC)cc1. The minimum Gasteiger partial charge on any atom is -0.384 e. The molecule has 0 radical (unpaired) electrons. The zero-order valence-corrected chi connectivity index (χ0v) is 11.1. The Kier molecular flexibility index (Phi) is 6.29. The highest BCUT2D eigenvalue weighted by Gasteiger charge is 2.11. The van der Waals surface area contributed by atoms with Gasteiger partial charge in [0.2, 0.25) is 0 Å². The first-order valence-electron chi connectivity index (χ1n) is 6.30. The van der Waals surface area contributed by atoms with E-state index in [2.05, 4.69) is 6.92 Å². The molecule has 3 nitrogen and oxygen atoms in total. The molecule has 1 rings (SSSR count). The Morgan fingerprint density at radius 1 is 1.17 bits per heavy atom. The van der Waals surface area contributed by atoms with Gasteiger partial charge in [-0.2, -0.15) is 0 Å². The fourth-order valence-corrected chi connectivity index (χ4v) is 1.73. The van der Waals surface area contributed by atoms with E-state index in [-0.39, 0.29) is 18.0 Å². The number of aryl methyl sites for hydroxylation is 1. The second-order valence-electron chi connectivity index (χ2n) is 4.33. The molecule has 0 amide bonds. The second-order valence-corrected chi connectivity index (χ2v) is 4.33. The summed E-state index contributed by atoms with van der Waals surface area (Å²) in [5, 5.41) is 0. The van der Waals surface area contributed by atoms with Crippen LogP contribution in [0.3, 0.4) is 0 Å². The number of ether oxygens (including phenoxy) is 1. The third-order valence-corrected chi connectivity index (χ3v) is 2.76. The lowest BCUT2D eigenvalue weighted by Gasteiger charge is -2.03. The molecule has 0 atom stereocenters. The van der Waals surface area contributed by atoms with Crippen LogP contribution in [0.15, 0.2) is 24.3 Å². The van der Waals surface area contributed by atoms with Crippen LogP contribution in [-0.4, -0.2) is 25.3 Å². The molecule has 0 aromatic heterocycles. The molecule has 98 valence electrons. The first kappa shape index (κ1) is 14.6. The van der Waals surface area contributed by atoms with Crippen LogP contribution in [0.2, 0.25) is 0 Å².